The fourth-order valence-electron chi connectivity index (χ4n) is 2.69. The first kappa shape index (κ1) is 16.1. The van der Waals surface area contributed by atoms with E-state index in [0.717, 1.165) is 32.8 Å². The Morgan fingerprint density at radius 2 is 2.13 bits per heavy atom. The number of carbonyl (C=O) groups is 1. The lowest BCUT2D eigenvalue weighted by molar-refractivity contribution is 0.0558. The summed E-state index contributed by atoms with van der Waals surface area (Å²) < 4.78 is 7.06. The van der Waals surface area contributed by atoms with Gasteiger partial charge >= 0.3 is 0 Å². The molecule has 0 spiro atoms. The van der Waals surface area contributed by atoms with E-state index in [1.807, 2.05) is 12.3 Å². The molecular formula is C15H20N4O3S. The van der Waals surface area contributed by atoms with Crippen molar-refractivity contribution in [2.45, 2.75) is 6.92 Å². The highest BCUT2D eigenvalue weighted by Crippen LogP contribution is 2.13. The van der Waals surface area contributed by atoms with Crippen molar-refractivity contribution in [3.8, 4) is 0 Å². The van der Waals surface area contributed by atoms with Gasteiger partial charge < -0.3 is 9.64 Å². The number of nitrogens with zero attached hydrogens (tertiary/aromatic N) is 4. The highest BCUT2D eigenvalue weighted by atomic mass is 32.1. The minimum absolute atomic E-state index is 0.109. The van der Waals surface area contributed by atoms with Gasteiger partial charge in [0.05, 0.1) is 6.61 Å². The van der Waals surface area contributed by atoms with Crippen LogP contribution in [0.4, 0.5) is 0 Å². The van der Waals surface area contributed by atoms with Crippen LogP contribution in [0.25, 0.3) is 4.96 Å². The summed E-state index contributed by atoms with van der Waals surface area (Å²) in [5.74, 6) is -0.109. The molecule has 1 saturated heterocycles. The van der Waals surface area contributed by atoms with E-state index in [9.17, 15) is 9.59 Å². The molecule has 0 aliphatic carbocycles. The maximum absolute atomic E-state index is 12.7. The van der Waals surface area contributed by atoms with Crippen LogP contribution in [0.15, 0.2) is 22.4 Å². The number of rotatable bonds is 5. The molecule has 1 aliphatic rings. The molecule has 0 N–H and O–H groups in total. The Morgan fingerprint density at radius 1 is 1.35 bits per heavy atom. The van der Waals surface area contributed by atoms with Crippen LogP contribution in [-0.2, 0) is 4.74 Å². The van der Waals surface area contributed by atoms with E-state index in [-0.39, 0.29) is 11.5 Å². The van der Waals surface area contributed by atoms with E-state index in [4.69, 9.17) is 4.74 Å². The lowest BCUT2D eigenvalue weighted by atomic mass is 10.2. The molecule has 0 unspecified atom stereocenters. The molecule has 8 heteroatoms. The maximum atomic E-state index is 12.7. The van der Waals surface area contributed by atoms with Crippen LogP contribution in [0.5, 0.6) is 0 Å². The summed E-state index contributed by atoms with van der Waals surface area (Å²) in [6, 6.07) is 1.32. The topological polar surface area (TPSA) is 67.2 Å². The van der Waals surface area contributed by atoms with Gasteiger partial charge in [0.25, 0.3) is 11.5 Å². The van der Waals surface area contributed by atoms with Crippen LogP contribution in [0, 0.1) is 0 Å². The van der Waals surface area contributed by atoms with Gasteiger partial charge in [-0.3, -0.25) is 18.9 Å². The summed E-state index contributed by atoms with van der Waals surface area (Å²) in [6.07, 6.45) is 1.78. The monoisotopic (exact) mass is 336 g/mol. The molecule has 3 rings (SSSR count). The molecule has 7 nitrogen and oxygen atoms in total. The summed E-state index contributed by atoms with van der Waals surface area (Å²) in [6.45, 7) is 7.29. The lowest BCUT2D eigenvalue weighted by Crippen LogP contribution is -2.49. The van der Waals surface area contributed by atoms with E-state index >= 15 is 0 Å². The first-order chi connectivity index (χ1) is 11.2. The third-order valence-corrected chi connectivity index (χ3v) is 4.71. The van der Waals surface area contributed by atoms with E-state index in [2.05, 4.69) is 9.88 Å². The highest BCUT2D eigenvalue weighted by molar-refractivity contribution is 7.15. The normalized spacial score (nSPS) is 16.1. The van der Waals surface area contributed by atoms with Crippen LogP contribution in [0.1, 0.15) is 17.4 Å². The third kappa shape index (κ3) is 3.60. The average molecular weight is 336 g/mol. The SMILES string of the molecule is CCOCCN1CCN(C(=O)c2cc(=O)nc3sccn23)CC1. The minimum Gasteiger partial charge on any atom is -0.380 e. The second kappa shape index (κ2) is 7.20. The zero-order valence-electron chi connectivity index (χ0n) is 13.1. The number of aromatic nitrogens is 2. The second-order valence-corrected chi connectivity index (χ2v) is 6.24. The van der Waals surface area contributed by atoms with Crippen molar-refractivity contribution in [3.05, 3.63) is 33.7 Å². The molecule has 0 atom stereocenters. The molecule has 1 amide bonds. The van der Waals surface area contributed by atoms with Gasteiger partial charge in [0, 0.05) is 57.0 Å². The Hall–Kier alpha value is -1.77. The van der Waals surface area contributed by atoms with Crippen LogP contribution in [-0.4, -0.2) is 71.0 Å². The smallest absolute Gasteiger partial charge is 0.274 e. The molecule has 0 saturated carbocycles. The highest BCUT2D eigenvalue weighted by Gasteiger charge is 2.24. The number of piperazine rings is 1. The van der Waals surface area contributed by atoms with Gasteiger partial charge in [0.2, 0.25) is 0 Å². The van der Waals surface area contributed by atoms with Crippen LogP contribution >= 0.6 is 11.3 Å². The number of hydrogen-bond acceptors (Lipinski definition) is 6. The zero-order valence-corrected chi connectivity index (χ0v) is 13.9. The molecule has 0 bridgehead atoms. The van der Waals surface area contributed by atoms with Gasteiger partial charge in [-0.25, -0.2) is 0 Å². The van der Waals surface area contributed by atoms with E-state index in [1.165, 1.54) is 17.4 Å². The largest absolute Gasteiger partial charge is 0.380 e. The second-order valence-electron chi connectivity index (χ2n) is 5.37. The van der Waals surface area contributed by atoms with Gasteiger partial charge in [-0.1, -0.05) is 0 Å². The van der Waals surface area contributed by atoms with Gasteiger partial charge in [0.1, 0.15) is 5.69 Å². The molecule has 0 radical (unpaired) electrons. The fourth-order valence-corrected chi connectivity index (χ4v) is 3.41. The van der Waals surface area contributed by atoms with E-state index < -0.39 is 0 Å². The van der Waals surface area contributed by atoms with Crippen LogP contribution < -0.4 is 5.56 Å². The van der Waals surface area contributed by atoms with Crippen molar-refractivity contribution in [2.75, 3.05) is 45.9 Å². The summed E-state index contributed by atoms with van der Waals surface area (Å²) in [7, 11) is 0. The summed E-state index contributed by atoms with van der Waals surface area (Å²) in [4.78, 5) is 33.0. The minimum atomic E-state index is -0.369. The molecule has 1 aliphatic heterocycles. The Bertz CT molecular complexity index is 734. The van der Waals surface area contributed by atoms with Crippen molar-refractivity contribution >= 4 is 22.2 Å². The molecule has 1 fully saturated rings. The molecule has 2 aromatic rings. The molecule has 3 heterocycles. The Morgan fingerprint density at radius 3 is 2.87 bits per heavy atom. The van der Waals surface area contributed by atoms with Crippen LogP contribution in [0.3, 0.4) is 0 Å². The predicted molar refractivity (Wildman–Crippen MR) is 88.2 cm³/mol. The number of ether oxygens (including phenoxy) is 1. The maximum Gasteiger partial charge on any atom is 0.274 e. The van der Waals surface area contributed by atoms with Gasteiger partial charge in [0.15, 0.2) is 4.96 Å². The number of fused-ring (bicyclic) bond motifs is 1. The van der Waals surface area contributed by atoms with Gasteiger partial charge in [-0.15, -0.1) is 11.3 Å². The summed E-state index contributed by atoms with van der Waals surface area (Å²) in [5, 5.41) is 1.82. The first-order valence-corrected chi connectivity index (χ1v) is 8.63. The van der Waals surface area contributed by atoms with Crippen molar-refractivity contribution in [2.24, 2.45) is 0 Å². The lowest BCUT2D eigenvalue weighted by Gasteiger charge is -2.34. The van der Waals surface area contributed by atoms with Crippen LogP contribution in [0.2, 0.25) is 0 Å². The van der Waals surface area contributed by atoms with E-state index in [0.29, 0.717) is 23.7 Å². The van der Waals surface area contributed by atoms with E-state index in [1.54, 1.807) is 15.5 Å². The number of hydrogen-bond donors (Lipinski definition) is 0. The third-order valence-electron chi connectivity index (χ3n) is 3.95. The van der Waals surface area contributed by atoms with Crippen molar-refractivity contribution in [3.63, 3.8) is 0 Å². The summed E-state index contributed by atoms with van der Waals surface area (Å²) in [5.41, 5.74) is 0.0233. The predicted octanol–water partition coefficient (Wildman–Crippen LogP) is 0.550. The van der Waals surface area contributed by atoms with Gasteiger partial charge in [-0.05, 0) is 6.92 Å². The number of carbonyl (C=O) groups excluding carboxylic acids is 1. The Kier molecular flexibility index (Phi) is 5.04. The standard InChI is InChI=1S/C15H20N4O3S/c1-2-22-9-7-17-3-5-18(6-4-17)14(21)12-11-13(20)16-15-19(12)8-10-23-15/h8,10-11H,2-7,9H2,1H3. The quantitative estimate of drug-likeness (QED) is 0.746. The number of thiazole rings is 1. The fraction of sp³-hybridized carbons (Fsp3) is 0.533. The molecule has 124 valence electrons. The number of amides is 1. The molecular weight excluding hydrogens is 316 g/mol. The Balaban J connectivity index is 1.67. The first-order valence-electron chi connectivity index (χ1n) is 7.75. The molecule has 0 aromatic carbocycles. The average Bonchev–Trinajstić information content (AvgIpc) is 3.02. The summed E-state index contributed by atoms with van der Waals surface area (Å²) >= 11 is 1.35. The molecule has 23 heavy (non-hydrogen) atoms. The van der Waals surface area contributed by atoms with Crippen molar-refractivity contribution < 1.29 is 9.53 Å². The van der Waals surface area contributed by atoms with Crippen molar-refractivity contribution in [1.82, 2.24) is 19.2 Å². The van der Waals surface area contributed by atoms with Crippen molar-refractivity contribution in [1.29, 1.82) is 0 Å². The zero-order chi connectivity index (χ0) is 16.2. The molecule has 2 aromatic heterocycles. The van der Waals surface area contributed by atoms with Gasteiger partial charge in [-0.2, -0.15) is 4.98 Å². The Labute approximate surface area is 138 Å².